The zero-order valence-electron chi connectivity index (χ0n) is 12.1. The molecule has 1 unspecified atom stereocenters. The lowest BCUT2D eigenvalue weighted by molar-refractivity contribution is -0.147. The summed E-state index contributed by atoms with van der Waals surface area (Å²) in [7, 11) is 0. The van der Waals surface area contributed by atoms with E-state index in [-0.39, 0.29) is 24.5 Å². The molecule has 0 spiro atoms. The molecule has 0 saturated heterocycles. The molecule has 3 heteroatoms. The van der Waals surface area contributed by atoms with Crippen LogP contribution in [0.5, 0.6) is 0 Å². The van der Waals surface area contributed by atoms with E-state index in [1.54, 1.807) is 0 Å². The lowest BCUT2D eigenvalue weighted by Gasteiger charge is -2.16. The first kappa shape index (κ1) is 13.8. The van der Waals surface area contributed by atoms with Gasteiger partial charge < -0.3 is 10.5 Å². The van der Waals surface area contributed by atoms with E-state index < -0.39 is 0 Å². The van der Waals surface area contributed by atoms with Gasteiger partial charge in [-0.3, -0.25) is 4.79 Å². The molecule has 0 radical (unpaired) electrons. The van der Waals surface area contributed by atoms with Gasteiger partial charge in [0, 0.05) is 17.2 Å². The Labute approximate surface area is 124 Å². The number of carbonyl (C=O) groups excluding carboxylic acids is 1. The Morgan fingerprint density at radius 1 is 1.10 bits per heavy atom. The molecule has 0 amide bonds. The Morgan fingerprint density at radius 3 is 2.14 bits per heavy atom. The van der Waals surface area contributed by atoms with Crippen molar-refractivity contribution in [1.82, 2.24) is 0 Å². The Morgan fingerprint density at radius 2 is 1.62 bits per heavy atom. The van der Waals surface area contributed by atoms with Crippen molar-refractivity contribution in [3.8, 4) is 11.1 Å². The second kappa shape index (κ2) is 5.70. The molecule has 1 aliphatic carbocycles. The highest BCUT2D eigenvalue weighted by molar-refractivity contribution is 5.80. The molecule has 3 rings (SSSR count). The first-order chi connectivity index (χ1) is 10.2. The van der Waals surface area contributed by atoms with Gasteiger partial charge in [-0.05, 0) is 17.5 Å². The Balaban J connectivity index is 1.90. The summed E-state index contributed by atoms with van der Waals surface area (Å²) in [5.41, 5.74) is 10.2. The number of carbonyl (C=O) groups is 1. The standard InChI is InChI=1S/C18H19NO2/c1-2-12(19)11-17(20)21-18-15-9-5-3-7-13(15)14-8-4-6-10-16(14)18/h3-10,12,18H,2,11,19H2,1H3. The lowest BCUT2D eigenvalue weighted by atomic mass is 10.1. The minimum absolute atomic E-state index is 0.135. The van der Waals surface area contributed by atoms with Gasteiger partial charge in [0.2, 0.25) is 0 Å². The van der Waals surface area contributed by atoms with E-state index in [9.17, 15) is 4.79 Å². The van der Waals surface area contributed by atoms with Gasteiger partial charge in [-0.25, -0.2) is 0 Å². The molecular weight excluding hydrogens is 262 g/mol. The summed E-state index contributed by atoms with van der Waals surface area (Å²) in [5.74, 6) is -0.235. The molecule has 0 bridgehead atoms. The van der Waals surface area contributed by atoms with Gasteiger partial charge in [-0.15, -0.1) is 0 Å². The number of ether oxygens (including phenoxy) is 1. The van der Waals surface area contributed by atoms with Gasteiger partial charge >= 0.3 is 5.97 Å². The van der Waals surface area contributed by atoms with Crippen LogP contribution in [-0.4, -0.2) is 12.0 Å². The molecular formula is C18H19NO2. The monoisotopic (exact) mass is 281 g/mol. The molecule has 2 aromatic rings. The fourth-order valence-corrected chi connectivity index (χ4v) is 2.77. The SMILES string of the molecule is CCC(N)CC(=O)OC1c2ccccc2-c2ccccc21. The van der Waals surface area contributed by atoms with Crippen molar-refractivity contribution >= 4 is 5.97 Å². The maximum atomic E-state index is 12.1. The summed E-state index contributed by atoms with van der Waals surface area (Å²) in [6, 6.07) is 16.0. The summed E-state index contributed by atoms with van der Waals surface area (Å²) >= 11 is 0. The predicted octanol–water partition coefficient (Wildman–Crippen LogP) is 3.43. The normalized spacial score (nSPS) is 14.4. The highest BCUT2D eigenvalue weighted by Gasteiger charge is 2.31. The van der Waals surface area contributed by atoms with E-state index in [0.29, 0.717) is 0 Å². The number of hydrogen-bond acceptors (Lipinski definition) is 3. The molecule has 0 saturated carbocycles. The molecule has 1 atom stereocenters. The van der Waals surface area contributed by atoms with E-state index in [4.69, 9.17) is 10.5 Å². The second-order valence-electron chi connectivity index (χ2n) is 5.42. The summed E-state index contributed by atoms with van der Waals surface area (Å²) < 4.78 is 5.72. The zero-order valence-corrected chi connectivity index (χ0v) is 12.1. The minimum Gasteiger partial charge on any atom is -0.452 e. The Bertz CT molecular complexity index is 620. The summed E-state index contributed by atoms with van der Waals surface area (Å²) in [6.45, 7) is 1.97. The number of nitrogens with two attached hydrogens (primary N) is 1. The molecule has 21 heavy (non-hydrogen) atoms. The molecule has 0 fully saturated rings. The number of hydrogen-bond donors (Lipinski definition) is 1. The zero-order chi connectivity index (χ0) is 14.8. The number of benzene rings is 2. The molecule has 0 aliphatic heterocycles. The maximum Gasteiger partial charge on any atom is 0.308 e. The molecule has 108 valence electrons. The van der Waals surface area contributed by atoms with Gasteiger partial charge in [-0.2, -0.15) is 0 Å². The predicted molar refractivity (Wildman–Crippen MR) is 82.7 cm³/mol. The van der Waals surface area contributed by atoms with Crippen LogP contribution in [0.2, 0.25) is 0 Å². The van der Waals surface area contributed by atoms with Crippen molar-refractivity contribution in [2.24, 2.45) is 5.73 Å². The first-order valence-electron chi connectivity index (χ1n) is 7.34. The van der Waals surface area contributed by atoms with Crippen molar-refractivity contribution in [2.75, 3.05) is 0 Å². The summed E-state index contributed by atoms with van der Waals surface area (Å²) in [5, 5.41) is 0. The van der Waals surface area contributed by atoms with Crippen molar-refractivity contribution in [3.05, 3.63) is 59.7 Å². The summed E-state index contributed by atoms with van der Waals surface area (Å²) in [4.78, 5) is 12.1. The van der Waals surface area contributed by atoms with Gasteiger partial charge in [0.15, 0.2) is 6.10 Å². The van der Waals surface area contributed by atoms with Gasteiger partial charge in [0.25, 0.3) is 0 Å². The molecule has 0 aromatic heterocycles. The van der Waals surface area contributed by atoms with Crippen LogP contribution < -0.4 is 5.73 Å². The second-order valence-corrected chi connectivity index (χ2v) is 5.42. The average molecular weight is 281 g/mol. The average Bonchev–Trinajstić information content (AvgIpc) is 2.82. The van der Waals surface area contributed by atoms with Crippen molar-refractivity contribution in [2.45, 2.75) is 31.9 Å². The highest BCUT2D eigenvalue weighted by atomic mass is 16.5. The molecule has 3 nitrogen and oxygen atoms in total. The number of rotatable bonds is 4. The van der Waals surface area contributed by atoms with Crippen molar-refractivity contribution < 1.29 is 9.53 Å². The van der Waals surface area contributed by atoms with E-state index in [2.05, 4.69) is 12.1 Å². The highest BCUT2D eigenvalue weighted by Crippen LogP contribution is 2.45. The fourth-order valence-electron chi connectivity index (χ4n) is 2.77. The van der Waals surface area contributed by atoms with E-state index in [0.717, 1.165) is 28.7 Å². The topological polar surface area (TPSA) is 52.3 Å². The van der Waals surface area contributed by atoms with E-state index in [1.807, 2.05) is 43.3 Å². The lowest BCUT2D eigenvalue weighted by Crippen LogP contribution is -2.24. The summed E-state index contributed by atoms with van der Waals surface area (Å²) in [6.07, 6.45) is 0.721. The molecule has 2 aromatic carbocycles. The van der Waals surface area contributed by atoms with Crippen LogP contribution >= 0.6 is 0 Å². The van der Waals surface area contributed by atoms with Crippen LogP contribution in [0.25, 0.3) is 11.1 Å². The van der Waals surface area contributed by atoms with Crippen LogP contribution in [0, 0.1) is 0 Å². The van der Waals surface area contributed by atoms with Crippen LogP contribution in [-0.2, 0) is 9.53 Å². The van der Waals surface area contributed by atoms with Crippen LogP contribution in [0.3, 0.4) is 0 Å². The first-order valence-corrected chi connectivity index (χ1v) is 7.34. The van der Waals surface area contributed by atoms with Crippen LogP contribution in [0.4, 0.5) is 0 Å². The third-order valence-electron chi connectivity index (χ3n) is 3.98. The molecule has 1 aliphatic rings. The van der Waals surface area contributed by atoms with E-state index >= 15 is 0 Å². The number of esters is 1. The fraction of sp³-hybridized carbons (Fsp3) is 0.278. The minimum atomic E-state index is -0.311. The van der Waals surface area contributed by atoms with Gasteiger partial charge in [0.05, 0.1) is 6.42 Å². The maximum absolute atomic E-state index is 12.1. The van der Waals surface area contributed by atoms with Crippen LogP contribution in [0.1, 0.15) is 37.0 Å². The van der Waals surface area contributed by atoms with Crippen LogP contribution in [0.15, 0.2) is 48.5 Å². The number of fused-ring (bicyclic) bond motifs is 3. The Hall–Kier alpha value is -2.13. The van der Waals surface area contributed by atoms with Crippen molar-refractivity contribution in [1.29, 1.82) is 0 Å². The molecule has 0 heterocycles. The molecule has 2 N–H and O–H groups in total. The van der Waals surface area contributed by atoms with Gasteiger partial charge in [-0.1, -0.05) is 55.5 Å². The quantitative estimate of drug-likeness (QED) is 0.874. The third kappa shape index (κ3) is 2.57. The Kier molecular flexibility index (Phi) is 3.76. The van der Waals surface area contributed by atoms with E-state index in [1.165, 1.54) is 0 Å². The van der Waals surface area contributed by atoms with Crippen molar-refractivity contribution in [3.63, 3.8) is 0 Å². The smallest absolute Gasteiger partial charge is 0.308 e. The largest absolute Gasteiger partial charge is 0.452 e. The third-order valence-corrected chi connectivity index (χ3v) is 3.98. The van der Waals surface area contributed by atoms with Gasteiger partial charge in [0.1, 0.15) is 0 Å².